The van der Waals surface area contributed by atoms with Gasteiger partial charge < -0.3 is 10.2 Å². The van der Waals surface area contributed by atoms with E-state index < -0.39 is 46.8 Å². The molecule has 12 heteroatoms. The molecule has 2 nitrogen and oxygen atoms in total. The normalized spacial score (nSPS) is 16.8. The van der Waals surface area contributed by atoms with Gasteiger partial charge in [0.25, 0.3) is 0 Å². The third kappa shape index (κ3) is 4.39. The van der Waals surface area contributed by atoms with Crippen LogP contribution in [-0.2, 0) is 0 Å². The minimum atomic E-state index is -6.55. The fraction of sp³-hybridized carbons (Fsp3) is 0.800. The van der Waals surface area contributed by atoms with Gasteiger partial charge in [-0.25, -0.2) is 0 Å². The number of aliphatic hydroxyl groups excluding tert-OH is 2. The lowest BCUT2D eigenvalue weighted by Crippen LogP contribution is -2.60. The number of hydrogen-bond acceptors (Lipinski definition) is 3. The lowest BCUT2D eigenvalue weighted by atomic mass is 10.0. The Morgan fingerprint density at radius 3 is 1.86 bits per heavy atom. The molecule has 0 aromatic heterocycles. The first kappa shape index (κ1) is 21.7. The summed E-state index contributed by atoms with van der Waals surface area (Å²) < 4.78 is 103. The van der Waals surface area contributed by atoms with E-state index in [1.54, 1.807) is 0 Å². The molecule has 2 N–H and O–H groups in total. The summed E-state index contributed by atoms with van der Waals surface area (Å²) >= 11 is 4.07. The van der Waals surface area contributed by atoms with Gasteiger partial charge in [-0.2, -0.15) is 35.1 Å². The Balaban J connectivity index is 5.77. The van der Waals surface area contributed by atoms with Crippen molar-refractivity contribution in [3.63, 3.8) is 0 Å². The van der Waals surface area contributed by atoms with Crippen molar-refractivity contribution in [2.24, 2.45) is 0 Å². The van der Waals surface area contributed by atoms with Gasteiger partial charge in [0.1, 0.15) is 0 Å². The first-order valence-corrected chi connectivity index (χ1v) is 6.83. The second-order valence-electron chi connectivity index (χ2n) is 4.06. The van der Waals surface area contributed by atoms with Gasteiger partial charge in [-0.15, -0.1) is 11.8 Å². The first-order chi connectivity index (χ1) is 9.62. The molecule has 0 aromatic rings. The van der Waals surface area contributed by atoms with Gasteiger partial charge in [0.2, 0.25) is 0 Å². The van der Waals surface area contributed by atoms with Gasteiger partial charge >= 0.3 is 23.1 Å². The van der Waals surface area contributed by atoms with Crippen molar-refractivity contribution in [2.75, 3.05) is 12.4 Å². The van der Waals surface area contributed by atoms with Crippen LogP contribution in [0.25, 0.3) is 0 Å². The second kappa shape index (κ2) is 7.10. The number of alkyl halides is 9. The SMILES string of the molecule is CC(O)/C(=C\C(F)(F)C(F)(F)C(F)(F)C(F)(F)Cl)SCCO. The lowest BCUT2D eigenvalue weighted by Gasteiger charge is -2.33. The van der Waals surface area contributed by atoms with Gasteiger partial charge in [0, 0.05) is 16.7 Å². The largest absolute Gasteiger partial charge is 0.396 e. The summed E-state index contributed by atoms with van der Waals surface area (Å²) in [6.07, 6.45) is -2.52. The average Bonchev–Trinajstić information content (AvgIpc) is 2.32. The van der Waals surface area contributed by atoms with Crippen molar-refractivity contribution >= 4 is 23.4 Å². The molecule has 0 heterocycles. The molecular formula is C10H11ClF8O2S. The number of halogens is 9. The molecule has 0 rings (SSSR count). The Kier molecular flexibility index (Phi) is 7.02. The third-order valence-corrected chi connectivity index (χ3v) is 3.68. The van der Waals surface area contributed by atoms with Crippen LogP contribution < -0.4 is 0 Å². The predicted molar refractivity (Wildman–Crippen MR) is 64.9 cm³/mol. The summed E-state index contributed by atoms with van der Waals surface area (Å²) in [6, 6.07) is 0. The van der Waals surface area contributed by atoms with Crippen LogP contribution in [0.5, 0.6) is 0 Å². The summed E-state index contributed by atoms with van der Waals surface area (Å²) in [5.74, 6) is -19.1. The van der Waals surface area contributed by atoms with Crippen LogP contribution in [0, 0.1) is 0 Å². The summed E-state index contributed by atoms with van der Waals surface area (Å²) in [5, 5.41) is 11.7. The number of aliphatic hydroxyl groups is 2. The average molecular weight is 383 g/mol. The molecule has 0 saturated heterocycles. The van der Waals surface area contributed by atoms with E-state index >= 15 is 0 Å². The molecule has 1 unspecified atom stereocenters. The fourth-order valence-corrected chi connectivity index (χ4v) is 2.02. The van der Waals surface area contributed by atoms with Crippen molar-refractivity contribution in [3.05, 3.63) is 11.0 Å². The molecule has 0 aliphatic heterocycles. The molecule has 0 radical (unpaired) electrons. The van der Waals surface area contributed by atoms with Crippen LogP contribution in [0.2, 0.25) is 0 Å². The molecule has 0 aliphatic carbocycles. The number of rotatable bonds is 8. The van der Waals surface area contributed by atoms with Crippen molar-refractivity contribution in [1.82, 2.24) is 0 Å². The van der Waals surface area contributed by atoms with Crippen LogP contribution in [0.1, 0.15) is 6.92 Å². The Labute approximate surface area is 129 Å². The van der Waals surface area contributed by atoms with Crippen LogP contribution in [0.3, 0.4) is 0 Å². The highest BCUT2D eigenvalue weighted by molar-refractivity contribution is 8.03. The maximum atomic E-state index is 13.4. The van der Waals surface area contributed by atoms with Crippen LogP contribution in [0.4, 0.5) is 35.1 Å². The fourth-order valence-electron chi connectivity index (χ4n) is 1.10. The zero-order chi connectivity index (χ0) is 18.0. The minimum Gasteiger partial charge on any atom is -0.396 e. The Morgan fingerprint density at radius 1 is 1.09 bits per heavy atom. The molecule has 132 valence electrons. The van der Waals surface area contributed by atoms with Gasteiger partial charge in [0.05, 0.1) is 12.7 Å². The zero-order valence-electron chi connectivity index (χ0n) is 10.8. The molecule has 0 bridgehead atoms. The monoisotopic (exact) mass is 382 g/mol. The van der Waals surface area contributed by atoms with Gasteiger partial charge in [0.15, 0.2) is 0 Å². The molecule has 22 heavy (non-hydrogen) atoms. The van der Waals surface area contributed by atoms with E-state index in [9.17, 15) is 35.1 Å². The highest BCUT2D eigenvalue weighted by Crippen LogP contribution is 2.54. The van der Waals surface area contributed by atoms with Crippen molar-refractivity contribution in [1.29, 1.82) is 0 Å². The van der Waals surface area contributed by atoms with E-state index in [1.165, 1.54) is 0 Å². The molecule has 0 aliphatic rings. The molecular weight excluding hydrogens is 372 g/mol. The Hall–Kier alpha value is -0.260. The van der Waals surface area contributed by atoms with Crippen LogP contribution >= 0.6 is 23.4 Å². The molecule has 0 spiro atoms. The number of hydrogen-bond donors (Lipinski definition) is 2. The van der Waals surface area contributed by atoms with Crippen molar-refractivity contribution in [2.45, 2.75) is 36.2 Å². The second-order valence-corrected chi connectivity index (χ2v) is 5.71. The van der Waals surface area contributed by atoms with E-state index in [0.717, 1.165) is 6.92 Å². The number of allylic oxidation sites excluding steroid dienone is 1. The van der Waals surface area contributed by atoms with E-state index in [1.807, 2.05) is 0 Å². The molecule has 0 aromatic carbocycles. The van der Waals surface area contributed by atoms with E-state index in [2.05, 4.69) is 11.6 Å². The first-order valence-electron chi connectivity index (χ1n) is 5.46. The predicted octanol–water partition coefficient (Wildman–Crippen LogP) is 3.71. The van der Waals surface area contributed by atoms with Gasteiger partial charge in [-0.05, 0) is 18.5 Å². The maximum Gasteiger partial charge on any atom is 0.393 e. The Bertz CT molecular complexity index is 408. The Morgan fingerprint density at radius 2 is 1.55 bits per heavy atom. The number of thioether (sulfide) groups is 1. The molecule has 1 atom stereocenters. The van der Waals surface area contributed by atoms with Crippen LogP contribution in [-0.4, -0.2) is 51.8 Å². The topological polar surface area (TPSA) is 40.5 Å². The summed E-state index contributed by atoms with van der Waals surface area (Å²) in [4.78, 5) is -0.896. The van der Waals surface area contributed by atoms with Crippen LogP contribution in [0.15, 0.2) is 11.0 Å². The molecule has 0 amide bonds. The smallest absolute Gasteiger partial charge is 0.393 e. The van der Waals surface area contributed by atoms with E-state index in [0.29, 0.717) is 0 Å². The summed E-state index contributed by atoms with van der Waals surface area (Å²) in [7, 11) is 0. The standard InChI is InChI=1S/C10H11ClF8O2S/c1-5(21)6(22-3-2-20)4-7(12,13)8(14,15)9(16,17)10(11,18)19/h4-5,20-21H,2-3H2,1H3/b6-4+. The van der Waals surface area contributed by atoms with Gasteiger partial charge in [-0.3, -0.25) is 0 Å². The highest BCUT2D eigenvalue weighted by atomic mass is 35.5. The third-order valence-electron chi connectivity index (χ3n) is 2.26. The summed E-state index contributed by atoms with van der Waals surface area (Å²) in [6.45, 7) is 0.269. The maximum absolute atomic E-state index is 13.4. The highest BCUT2D eigenvalue weighted by Gasteiger charge is 2.79. The van der Waals surface area contributed by atoms with E-state index in [4.69, 9.17) is 10.2 Å². The quantitative estimate of drug-likeness (QED) is 0.496. The molecule has 0 fully saturated rings. The lowest BCUT2D eigenvalue weighted by molar-refractivity contribution is -0.335. The zero-order valence-corrected chi connectivity index (χ0v) is 12.3. The van der Waals surface area contributed by atoms with E-state index in [-0.39, 0.29) is 17.5 Å². The van der Waals surface area contributed by atoms with Gasteiger partial charge in [-0.1, -0.05) is 0 Å². The molecule has 0 saturated carbocycles. The summed E-state index contributed by atoms with van der Waals surface area (Å²) in [5.41, 5.74) is 0. The van der Waals surface area contributed by atoms with Crippen molar-refractivity contribution in [3.8, 4) is 0 Å². The van der Waals surface area contributed by atoms with Crippen molar-refractivity contribution < 1.29 is 45.3 Å². The minimum absolute atomic E-state index is 0.273.